The maximum atomic E-state index is 13.5. The van der Waals surface area contributed by atoms with Gasteiger partial charge in [0.15, 0.2) is 11.2 Å². The molecule has 1 unspecified atom stereocenters. The molecule has 2 aromatic heterocycles. The van der Waals surface area contributed by atoms with Crippen molar-refractivity contribution >= 4 is 11.2 Å². The maximum Gasteiger partial charge on any atom is 0.394 e. The third-order valence-corrected chi connectivity index (χ3v) is 5.21. The highest BCUT2D eigenvalue weighted by molar-refractivity contribution is 5.72. The van der Waals surface area contributed by atoms with Crippen molar-refractivity contribution in [3.8, 4) is 17.5 Å². The SMILES string of the molecule is CC(O)Cn1c(=O)c2c(nc(Oc3cccc(OC(C)(F)F)c3)n2Cc2ccc(F)cc2)n(C)c1=O. The second-order valence-corrected chi connectivity index (χ2v) is 8.37. The van der Waals surface area contributed by atoms with Crippen molar-refractivity contribution in [2.24, 2.45) is 7.05 Å². The predicted molar refractivity (Wildman–Crippen MR) is 124 cm³/mol. The first-order valence-electron chi connectivity index (χ1n) is 10.9. The number of aliphatic hydroxyl groups is 1. The number of imidazole rings is 1. The second kappa shape index (κ2) is 9.53. The van der Waals surface area contributed by atoms with Gasteiger partial charge in [-0.1, -0.05) is 18.2 Å². The first kappa shape index (κ1) is 25.0. The van der Waals surface area contributed by atoms with Gasteiger partial charge in [0.1, 0.15) is 17.3 Å². The molecule has 0 aliphatic rings. The first-order valence-corrected chi connectivity index (χ1v) is 10.9. The van der Waals surface area contributed by atoms with E-state index in [9.17, 15) is 27.9 Å². The molecule has 0 radical (unpaired) electrons. The van der Waals surface area contributed by atoms with Gasteiger partial charge in [0.05, 0.1) is 19.2 Å². The van der Waals surface area contributed by atoms with Crippen LogP contribution >= 0.6 is 0 Å². The predicted octanol–water partition coefficient (Wildman–Crippen LogP) is 3.25. The molecule has 0 saturated heterocycles. The third-order valence-electron chi connectivity index (χ3n) is 5.21. The Morgan fingerprint density at radius 2 is 1.75 bits per heavy atom. The van der Waals surface area contributed by atoms with Gasteiger partial charge in [0.2, 0.25) is 0 Å². The minimum absolute atomic E-state index is 0.00423. The van der Waals surface area contributed by atoms with Crippen molar-refractivity contribution in [1.82, 2.24) is 18.7 Å². The summed E-state index contributed by atoms with van der Waals surface area (Å²) in [6, 6.07) is 10.9. The number of aromatic nitrogens is 4. The maximum absolute atomic E-state index is 13.5. The van der Waals surface area contributed by atoms with E-state index in [4.69, 9.17) is 4.74 Å². The Hall–Kier alpha value is -4.06. The van der Waals surface area contributed by atoms with Crippen LogP contribution in [0.2, 0.25) is 0 Å². The second-order valence-electron chi connectivity index (χ2n) is 8.37. The molecule has 4 rings (SSSR count). The molecule has 0 aliphatic carbocycles. The van der Waals surface area contributed by atoms with Crippen LogP contribution in [0, 0.1) is 5.82 Å². The lowest BCUT2D eigenvalue weighted by molar-refractivity contribution is -0.159. The smallest absolute Gasteiger partial charge is 0.394 e. The summed E-state index contributed by atoms with van der Waals surface area (Å²) in [6.07, 6.45) is -4.39. The van der Waals surface area contributed by atoms with Crippen molar-refractivity contribution in [2.75, 3.05) is 0 Å². The Kier molecular flexibility index (Phi) is 6.63. The van der Waals surface area contributed by atoms with Crippen LogP contribution in [0.1, 0.15) is 19.4 Å². The standard InChI is InChI=1S/C24H23F3N4O5/c1-14(32)12-31-21(33)19-20(29(3)23(31)34)28-22(30(19)13-15-7-9-16(25)10-8-15)35-17-5-4-6-18(11-17)36-24(2,26)27/h4-11,14,32H,12-13H2,1-3H3. The number of fused-ring (bicyclic) bond motifs is 1. The van der Waals surface area contributed by atoms with Crippen molar-refractivity contribution in [3.05, 3.63) is 80.7 Å². The number of alkyl halides is 2. The number of rotatable bonds is 8. The molecule has 1 N–H and O–H groups in total. The summed E-state index contributed by atoms with van der Waals surface area (Å²) in [7, 11) is 1.42. The van der Waals surface area contributed by atoms with Gasteiger partial charge in [0.25, 0.3) is 5.56 Å². The van der Waals surface area contributed by atoms with Gasteiger partial charge in [-0.25, -0.2) is 9.18 Å². The molecule has 4 aromatic rings. The Labute approximate surface area is 202 Å². The average molecular weight is 504 g/mol. The fourth-order valence-electron chi connectivity index (χ4n) is 3.69. The van der Waals surface area contributed by atoms with E-state index >= 15 is 0 Å². The van der Waals surface area contributed by atoms with Crippen LogP contribution in [0.15, 0.2) is 58.1 Å². The molecule has 2 aromatic carbocycles. The number of hydrogen-bond donors (Lipinski definition) is 1. The first-order chi connectivity index (χ1) is 16.9. The Bertz CT molecular complexity index is 1520. The summed E-state index contributed by atoms with van der Waals surface area (Å²) in [5.74, 6) is -0.522. The largest absolute Gasteiger partial charge is 0.433 e. The lowest BCUT2D eigenvalue weighted by Crippen LogP contribution is -2.41. The van der Waals surface area contributed by atoms with Gasteiger partial charge >= 0.3 is 17.8 Å². The molecule has 0 saturated carbocycles. The lowest BCUT2D eigenvalue weighted by Gasteiger charge is -2.14. The van der Waals surface area contributed by atoms with Crippen LogP contribution in [-0.2, 0) is 20.1 Å². The molecule has 12 heteroatoms. The van der Waals surface area contributed by atoms with E-state index in [0.717, 1.165) is 9.13 Å². The summed E-state index contributed by atoms with van der Waals surface area (Å²) in [5, 5.41) is 9.80. The van der Waals surface area contributed by atoms with E-state index in [2.05, 4.69) is 9.72 Å². The topological polar surface area (TPSA) is 101 Å². The molecule has 1 atom stereocenters. The Morgan fingerprint density at radius 3 is 2.39 bits per heavy atom. The van der Waals surface area contributed by atoms with E-state index in [-0.39, 0.29) is 41.8 Å². The van der Waals surface area contributed by atoms with Crippen LogP contribution in [0.25, 0.3) is 11.2 Å². The molecule has 9 nitrogen and oxygen atoms in total. The molecule has 0 fully saturated rings. The quantitative estimate of drug-likeness (QED) is 0.396. The van der Waals surface area contributed by atoms with Crippen LogP contribution < -0.4 is 20.7 Å². The summed E-state index contributed by atoms with van der Waals surface area (Å²) in [5.41, 5.74) is -0.785. The van der Waals surface area contributed by atoms with Crippen molar-refractivity contribution in [1.29, 1.82) is 0 Å². The highest BCUT2D eigenvalue weighted by Gasteiger charge is 2.25. The monoisotopic (exact) mass is 504 g/mol. The number of hydrogen-bond acceptors (Lipinski definition) is 6. The number of halogens is 3. The van der Waals surface area contributed by atoms with E-state index in [1.807, 2.05) is 0 Å². The van der Waals surface area contributed by atoms with Crippen molar-refractivity contribution in [2.45, 2.75) is 39.1 Å². The Morgan fingerprint density at radius 1 is 1.08 bits per heavy atom. The van der Waals surface area contributed by atoms with Crippen LogP contribution in [0.5, 0.6) is 17.5 Å². The lowest BCUT2D eigenvalue weighted by atomic mass is 10.2. The molecule has 2 heterocycles. The van der Waals surface area contributed by atoms with Gasteiger partial charge in [-0.15, -0.1) is 0 Å². The Balaban J connectivity index is 1.88. The van der Waals surface area contributed by atoms with Crippen molar-refractivity contribution < 1.29 is 27.8 Å². The molecular formula is C24H23F3N4O5. The zero-order valence-corrected chi connectivity index (χ0v) is 19.6. The van der Waals surface area contributed by atoms with E-state index in [1.165, 1.54) is 67.1 Å². The average Bonchev–Trinajstić information content (AvgIpc) is 3.13. The number of benzene rings is 2. The summed E-state index contributed by atoms with van der Waals surface area (Å²) >= 11 is 0. The number of aliphatic hydroxyl groups excluding tert-OH is 1. The van der Waals surface area contributed by atoms with Gasteiger partial charge in [0, 0.05) is 20.0 Å². The highest BCUT2D eigenvalue weighted by Crippen LogP contribution is 2.29. The zero-order chi connectivity index (χ0) is 26.2. The van der Waals surface area contributed by atoms with Crippen LogP contribution in [-0.4, -0.2) is 36.0 Å². The fraction of sp³-hybridized carbons (Fsp3) is 0.292. The number of aryl methyl sites for hydroxylation is 1. The number of ether oxygens (including phenoxy) is 2. The molecule has 0 bridgehead atoms. The normalized spacial score (nSPS) is 12.6. The molecular weight excluding hydrogens is 481 g/mol. The minimum atomic E-state index is -3.42. The minimum Gasteiger partial charge on any atom is -0.433 e. The molecule has 0 aliphatic heterocycles. The fourth-order valence-corrected chi connectivity index (χ4v) is 3.69. The molecule has 0 amide bonds. The highest BCUT2D eigenvalue weighted by atomic mass is 19.3. The van der Waals surface area contributed by atoms with Crippen molar-refractivity contribution in [3.63, 3.8) is 0 Å². The third kappa shape index (κ3) is 5.28. The molecule has 36 heavy (non-hydrogen) atoms. The summed E-state index contributed by atoms with van der Waals surface area (Å²) < 4.78 is 53.9. The van der Waals surface area contributed by atoms with Crippen LogP contribution in [0.3, 0.4) is 0 Å². The van der Waals surface area contributed by atoms with E-state index in [1.54, 1.807) is 0 Å². The van der Waals surface area contributed by atoms with E-state index in [0.29, 0.717) is 12.5 Å². The van der Waals surface area contributed by atoms with Crippen LogP contribution in [0.4, 0.5) is 13.2 Å². The summed E-state index contributed by atoms with van der Waals surface area (Å²) in [4.78, 5) is 30.5. The van der Waals surface area contributed by atoms with Gasteiger partial charge in [-0.3, -0.25) is 18.5 Å². The molecule has 0 spiro atoms. The van der Waals surface area contributed by atoms with Gasteiger partial charge in [-0.2, -0.15) is 13.8 Å². The summed E-state index contributed by atoms with van der Waals surface area (Å²) in [6.45, 7) is 1.80. The van der Waals surface area contributed by atoms with Gasteiger partial charge < -0.3 is 14.6 Å². The van der Waals surface area contributed by atoms with E-state index < -0.39 is 29.3 Å². The molecule has 190 valence electrons. The van der Waals surface area contributed by atoms with Gasteiger partial charge in [-0.05, 0) is 36.8 Å². The number of nitrogens with zero attached hydrogens (tertiary/aromatic N) is 4. The zero-order valence-electron chi connectivity index (χ0n) is 19.6.